The number of methoxy groups -OCH3 is 1. The zero-order valence-corrected chi connectivity index (χ0v) is 30.8. The molecule has 0 bridgehead atoms. The molecule has 3 N–H and O–H groups in total. The Balaban J connectivity index is 1.12. The van der Waals surface area contributed by atoms with Gasteiger partial charge in [-0.15, -0.1) is 23.1 Å². The number of nitrogens with one attached hydrogen (secondary N) is 3. The minimum absolute atomic E-state index is 0.0683. The minimum atomic E-state index is -0.506. The molecule has 258 valence electrons. The van der Waals surface area contributed by atoms with Crippen LogP contribution in [0.2, 0.25) is 0 Å². The first kappa shape index (κ1) is 35.8. The standard InChI is InChI=1S/C40H34BrN3O5S2/c1-49-40(48)36-32-20-17-28(26-9-4-2-5-10-26)22-34(32)51-39(36)44-35(45)24-50-31-14-8-13-30(23-31)42-38(47)33(21-25-15-18-29(41)19-16-25)43-37(46)27-11-6-3-7-12-27/h2-16,18-19,21,23,28H,17,20,22,24H2,1H3,(H,42,47)(H,43,46)(H,44,45)/b33-21-. The zero-order chi connectivity index (χ0) is 35.7. The van der Waals surface area contributed by atoms with Gasteiger partial charge in [0, 0.05) is 25.5 Å². The average molecular weight is 781 g/mol. The van der Waals surface area contributed by atoms with Crippen LogP contribution in [0.25, 0.3) is 6.08 Å². The summed E-state index contributed by atoms with van der Waals surface area (Å²) >= 11 is 6.16. The molecule has 1 heterocycles. The van der Waals surface area contributed by atoms with Crippen molar-refractivity contribution in [2.75, 3.05) is 23.5 Å². The van der Waals surface area contributed by atoms with Crippen molar-refractivity contribution in [3.05, 3.63) is 152 Å². The highest BCUT2D eigenvalue weighted by atomic mass is 79.9. The number of hydrogen-bond donors (Lipinski definition) is 3. The number of halogens is 1. The van der Waals surface area contributed by atoms with Crippen molar-refractivity contribution < 1.29 is 23.9 Å². The molecule has 3 amide bonds. The van der Waals surface area contributed by atoms with Crippen LogP contribution in [0.15, 0.2) is 124 Å². The molecule has 11 heteroatoms. The number of anilines is 2. The van der Waals surface area contributed by atoms with Crippen molar-refractivity contribution in [1.29, 1.82) is 0 Å². The van der Waals surface area contributed by atoms with Crippen LogP contribution in [0, 0.1) is 0 Å². The van der Waals surface area contributed by atoms with Crippen molar-refractivity contribution >= 4 is 79.5 Å². The molecule has 0 saturated heterocycles. The maximum absolute atomic E-state index is 13.5. The fraction of sp³-hybridized carbons (Fsp3) is 0.150. The van der Waals surface area contributed by atoms with E-state index >= 15 is 0 Å². The molecule has 0 saturated carbocycles. The van der Waals surface area contributed by atoms with E-state index in [1.54, 1.807) is 48.5 Å². The number of thioether (sulfide) groups is 1. The Labute approximate surface area is 312 Å². The summed E-state index contributed by atoms with van der Waals surface area (Å²) in [5, 5.41) is 9.10. The van der Waals surface area contributed by atoms with Gasteiger partial charge in [0.15, 0.2) is 0 Å². The summed E-state index contributed by atoms with van der Waals surface area (Å²) < 4.78 is 6.00. The number of carbonyl (C=O) groups excluding carboxylic acids is 4. The van der Waals surface area contributed by atoms with Gasteiger partial charge in [-0.2, -0.15) is 0 Å². The maximum Gasteiger partial charge on any atom is 0.341 e. The predicted molar refractivity (Wildman–Crippen MR) is 207 cm³/mol. The van der Waals surface area contributed by atoms with E-state index in [0.717, 1.165) is 44.6 Å². The Kier molecular flexibility index (Phi) is 11.8. The molecule has 5 aromatic rings. The van der Waals surface area contributed by atoms with E-state index < -0.39 is 17.8 Å². The molecule has 1 aliphatic carbocycles. The molecule has 51 heavy (non-hydrogen) atoms. The number of hydrogen-bond acceptors (Lipinski definition) is 7. The first-order valence-corrected chi connectivity index (χ1v) is 18.8. The van der Waals surface area contributed by atoms with Gasteiger partial charge in [-0.05, 0) is 90.4 Å². The molecule has 1 aromatic heterocycles. The Morgan fingerprint density at radius 3 is 2.35 bits per heavy atom. The van der Waals surface area contributed by atoms with Crippen LogP contribution in [0.1, 0.15) is 54.6 Å². The first-order chi connectivity index (χ1) is 24.8. The van der Waals surface area contributed by atoms with E-state index in [9.17, 15) is 19.2 Å². The SMILES string of the molecule is COC(=O)c1c(NC(=O)CSc2cccc(NC(=O)/C(=C/c3ccc(Br)cc3)NC(=O)c3ccccc3)c2)sc2c1CCC(c1ccccc1)C2. The molecular formula is C40H34BrN3O5S2. The Bertz CT molecular complexity index is 2080. The summed E-state index contributed by atoms with van der Waals surface area (Å²) in [6, 6.07) is 33.5. The number of fused-ring (bicyclic) bond motifs is 1. The van der Waals surface area contributed by atoms with Crippen molar-refractivity contribution in [2.24, 2.45) is 0 Å². The Hall–Kier alpha value is -4.97. The molecule has 1 atom stereocenters. The van der Waals surface area contributed by atoms with Crippen LogP contribution in [-0.2, 0) is 27.2 Å². The third-order valence-corrected chi connectivity index (χ3v) is 11.0. The summed E-state index contributed by atoms with van der Waals surface area (Å²) in [4.78, 5) is 54.4. The number of esters is 1. The van der Waals surface area contributed by atoms with Crippen LogP contribution in [0.4, 0.5) is 10.7 Å². The highest BCUT2D eigenvalue weighted by molar-refractivity contribution is 9.10. The number of benzene rings is 4. The average Bonchev–Trinajstić information content (AvgIpc) is 3.52. The normalized spacial score (nSPS) is 13.8. The van der Waals surface area contributed by atoms with Gasteiger partial charge in [-0.3, -0.25) is 14.4 Å². The molecule has 0 spiro atoms. The molecule has 0 radical (unpaired) electrons. The van der Waals surface area contributed by atoms with Crippen LogP contribution < -0.4 is 16.0 Å². The largest absolute Gasteiger partial charge is 0.465 e. The quantitative estimate of drug-likeness (QED) is 0.0703. The maximum atomic E-state index is 13.5. The Morgan fingerprint density at radius 1 is 0.902 bits per heavy atom. The summed E-state index contributed by atoms with van der Waals surface area (Å²) in [5.41, 5.74) is 4.38. The fourth-order valence-corrected chi connectivity index (χ4v) is 8.19. The van der Waals surface area contributed by atoms with Gasteiger partial charge in [-0.25, -0.2) is 4.79 Å². The lowest BCUT2D eigenvalue weighted by molar-refractivity contribution is -0.114. The molecule has 4 aromatic carbocycles. The number of carbonyl (C=O) groups is 4. The van der Waals surface area contributed by atoms with E-state index in [2.05, 4.69) is 44.0 Å². The monoisotopic (exact) mass is 779 g/mol. The molecule has 8 nitrogen and oxygen atoms in total. The number of amides is 3. The van der Waals surface area contributed by atoms with Crippen molar-refractivity contribution in [1.82, 2.24) is 5.32 Å². The fourth-order valence-electron chi connectivity index (χ4n) is 5.84. The lowest BCUT2D eigenvalue weighted by Gasteiger charge is -2.22. The minimum Gasteiger partial charge on any atom is -0.465 e. The smallest absolute Gasteiger partial charge is 0.341 e. The van der Waals surface area contributed by atoms with E-state index in [-0.39, 0.29) is 17.4 Å². The van der Waals surface area contributed by atoms with Gasteiger partial charge in [0.05, 0.1) is 18.4 Å². The lowest BCUT2D eigenvalue weighted by atomic mass is 9.83. The van der Waals surface area contributed by atoms with Gasteiger partial charge in [0.25, 0.3) is 11.8 Å². The predicted octanol–water partition coefficient (Wildman–Crippen LogP) is 8.71. The Morgan fingerprint density at radius 2 is 1.63 bits per heavy atom. The number of thiophene rings is 1. The van der Waals surface area contributed by atoms with Crippen LogP contribution in [0.5, 0.6) is 0 Å². The highest BCUT2D eigenvalue weighted by Crippen LogP contribution is 2.43. The summed E-state index contributed by atoms with van der Waals surface area (Å²) in [6.07, 6.45) is 4.05. The second-order valence-electron chi connectivity index (χ2n) is 11.8. The van der Waals surface area contributed by atoms with Gasteiger partial charge in [0.1, 0.15) is 10.7 Å². The van der Waals surface area contributed by atoms with E-state index in [4.69, 9.17) is 4.74 Å². The molecular weight excluding hydrogens is 746 g/mol. The molecule has 6 rings (SSSR count). The van der Waals surface area contributed by atoms with Gasteiger partial charge >= 0.3 is 5.97 Å². The van der Waals surface area contributed by atoms with E-state index in [1.807, 2.05) is 54.6 Å². The van der Waals surface area contributed by atoms with Gasteiger partial charge in [0.2, 0.25) is 5.91 Å². The van der Waals surface area contributed by atoms with Crippen molar-refractivity contribution in [3.63, 3.8) is 0 Å². The van der Waals surface area contributed by atoms with Gasteiger partial charge < -0.3 is 20.7 Å². The third kappa shape index (κ3) is 9.23. The summed E-state index contributed by atoms with van der Waals surface area (Å²) in [6.45, 7) is 0. The van der Waals surface area contributed by atoms with Crippen molar-refractivity contribution in [2.45, 2.75) is 30.1 Å². The summed E-state index contributed by atoms with van der Waals surface area (Å²) in [7, 11) is 1.35. The second kappa shape index (κ2) is 16.8. The molecule has 1 unspecified atom stereocenters. The second-order valence-corrected chi connectivity index (χ2v) is 14.9. The molecule has 1 aliphatic rings. The number of rotatable bonds is 11. The topological polar surface area (TPSA) is 114 Å². The third-order valence-electron chi connectivity index (χ3n) is 8.35. The van der Waals surface area contributed by atoms with Crippen LogP contribution in [0.3, 0.4) is 0 Å². The molecule has 0 fully saturated rings. The van der Waals surface area contributed by atoms with E-state index in [1.165, 1.54) is 35.8 Å². The van der Waals surface area contributed by atoms with E-state index in [0.29, 0.717) is 27.7 Å². The summed E-state index contributed by atoms with van der Waals surface area (Å²) in [5.74, 6) is -1.21. The van der Waals surface area contributed by atoms with Crippen LogP contribution in [-0.4, -0.2) is 36.6 Å². The first-order valence-electron chi connectivity index (χ1n) is 16.2. The molecule has 0 aliphatic heterocycles. The van der Waals surface area contributed by atoms with Crippen molar-refractivity contribution in [3.8, 4) is 0 Å². The van der Waals surface area contributed by atoms with Gasteiger partial charge in [-0.1, -0.05) is 82.7 Å². The lowest BCUT2D eigenvalue weighted by Crippen LogP contribution is -2.30. The zero-order valence-electron chi connectivity index (χ0n) is 27.6. The number of ether oxygens (including phenoxy) is 1. The highest BCUT2D eigenvalue weighted by Gasteiger charge is 2.30. The van der Waals surface area contributed by atoms with Crippen LogP contribution >= 0.6 is 39.0 Å².